The molecule has 2 aromatic rings. The minimum absolute atomic E-state index is 0.0176. The maximum atomic E-state index is 12.8. The molecule has 0 atom stereocenters. The van der Waals surface area contributed by atoms with E-state index in [2.05, 4.69) is 14.8 Å². The maximum Gasteiger partial charge on any atom is 0.417 e. The van der Waals surface area contributed by atoms with Gasteiger partial charge in [-0.05, 0) is 18.2 Å². The minimum atomic E-state index is -4.67. The summed E-state index contributed by atoms with van der Waals surface area (Å²) in [6, 6.07) is 4.53. The normalized spacial score (nSPS) is 11.0. The van der Waals surface area contributed by atoms with Crippen LogP contribution in [0.2, 0.25) is 0 Å². The average Bonchev–Trinajstić information content (AvgIpc) is 2.94. The highest BCUT2D eigenvalue weighted by Crippen LogP contribution is 2.33. The van der Waals surface area contributed by atoms with Crippen molar-refractivity contribution in [1.29, 1.82) is 5.26 Å². The Labute approximate surface area is 116 Å². The number of ether oxygens (including phenoxy) is 1. The molecule has 0 aliphatic rings. The van der Waals surface area contributed by atoms with E-state index in [1.165, 1.54) is 12.1 Å². The maximum absolute atomic E-state index is 12.8. The zero-order valence-corrected chi connectivity index (χ0v) is 10.5. The van der Waals surface area contributed by atoms with Crippen LogP contribution in [0, 0.1) is 11.3 Å². The zero-order valence-electron chi connectivity index (χ0n) is 10.5. The van der Waals surface area contributed by atoms with Crippen LogP contribution in [-0.2, 0) is 10.9 Å². The van der Waals surface area contributed by atoms with Crippen molar-refractivity contribution in [3.8, 4) is 11.8 Å². The summed E-state index contributed by atoms with van der Waals surface area (Å²) in [6.45, 7) is 0. The summed E-state index contributed by atoms with van der Waals surface area (Å²) >= 11 is 0. The van der Waals surface area contributed by atoms with Gasteiger partial charge in [-0.1, -0.05) is 0 Å². The van der Waals surface area contributed by atoms with E-state index in [1.54, 1.807) is 0 Å². The number of benzene rings is 1. The molecule has 0 aliphatic carbocycles. The third-order valence-electron chi connectivity index (χ3n) is 2.55. The van der Waals surface area contributed by atoms with Crippen molar-refractivity contribution in [2.45, 2.75) is 6.18 Å². The largest absolute Gasteiger partial charge is 0.463 e. The molecule has 0 unspecified atom stereocenters. The lowest BCUT2D eigenvalue weighted by Gasteiger charge is -2.10. The first-order valence-corrected chi connectivity index (χ1v) is 5.48. The van der Waals surface area contributed by atoms with Gasteiger partial charge in [0.25, 0.3) is 5.82 Å². The van der Waals surface area contributed by atoms with Gasteiger partial charge < -0.3 is 4.74 Å². The molecule has 9 heteroatoms. The molecule has 21 heavy (non-hydrogen) atoms. The first kappa shape index (κ1) is 14.5. The van der Waals surface area contributed by atoms with E-state index in [1.807, 2.05) is 0 Å². The number of hydrogen-bond donors (Lipinski definition) is 0. The predicted molar refractivity (Wildman–Crippen MR) is 62.4 cm³/mol. The van der Waals surface area contributed by atoms with E-state index in [9.17, 15) is 18.0 Å². The highest BCUT2D eigenvalue weighted by atomic mass is 19.4. The molecule has 0 aliphatic heterocycles. The number of nitrogens with zero attached hydrogens (tertiary/aromatic N) is 4. The topological polar surface area (TPSA) is 80.8 Å². The van der Waals surface area contributed by atoms with Crippen molar-refractivity contribution in [3.63, 3.8) is 0 Å². The first-order valence-electron chi connectivity index (χ1n) is 5.48. The fourth-order valence-corrected chi connectivity index (χ4v) is 1.58. The number of alkyl halides is 3. The lowest BCUT2D eigenvalue weighted by atomic mass is 10.1. The molecule has 0 N–H and O–H groups in total. The number of halogens is 3. The Bertz CT molecular complexity index is 731. The van der Waals surface area contributed by atoms with Gasteiger partial charge in [0, 0.05) is 0 Å². The average molecular weight is 296 g/mol. The molecule has 1 aromatic carbocycles. The van der Waals surface area contributed by atoms with Gasteiger partial charge in [0.2, 0.25) is 0 Å². The van der Waals surface area contributed by atoms with Gasteiger partial charge in [-0.25, -0.2) is 14.5 Å². The summed E-state index contributed by atoms with van der Waals surface area (Å²) in [6.07, 6.45) is -3.60. The number of esters is 1. The Morgan fingerprint density at radius 2 is 2.14 bits per heavy atom. The van der Waals surface area contributed by atoms with Gasteiger partial charge in [0.15, 0.2) is 0 Å². The number of aromatic nitrogens is 3. The Balaban J connectivity index is 2.49. The number of hydrogen-bond acceptors (Lipinski definition) is 5. The van der Waals surface area contributed by atoms with E-state index in [0.717, 1.165) is 30.3 Å². The van der Waals surface area contributed by atoms with Crippen LogP contribution in [0.25, 0.3) is 5.69 Å². The van der Waals surface area contributed by atoms with Crippen LogP contribution in [0.3, 0.4) is 0 Å². The fraction of sp³-hybridized carbons (Fsp3) is 0.167. The molecular formula is C12H7F3N4O2. The molecule has 0 fully saturated rings. The van der Waals surface area contributed by atoms with Crippen molar-refractivity contribution in [2.75, 3.05) is 7.11 Å². The van der Waals surface area contributed by atoms with E-state index in [4.69, 9.17) is 5.26 Å². The molecule has 6 nitrogen and oxygen atoms in total. The molecule has 0 saturated carbocycles. The standard InChI is InChI=1S/C12H7F3N4O2/c1-21-11(20)10-17-6-19(18-10)8-3-2-7(5-16)9(4-8)12(13,14)15/h2-4,6H,1H3. The van der Waals surface area contributed by atoms with Crippen molar-refractivity contribution in [2.24, 2.45) is 0 Å². The van der Waals surface area contributed by atoms with Crippen molar-refractivity contribution < 1.29 is 22.7 Å². The Morgan fingerprint density at radius 1 is 1.43 bits per heavy atom. The molecule has 108 valence electrons. The van der Waals surface area contributed by atoms with Crippen LogP contribution in [0.4, 0.5) is 13.2 Å². The minimum Gasteiger partial charge on any atom is -0.463 e. The molecule has 2 rings (SSSR count). The van der Waals surface area contributed by atoms with Gasteiger partial charge in [0.1, 0.15) is 6.33 Å². The van der Waals surface area contributed by atoms with Crippen molar-refractivity contribution in [1.82, 2.24) is 14.8 Å². The Hall–Kier alpha value is -2.89. The summed E-state index contributed by atoms with van der Waals surface area (Å²) in [5, 5.41) is 12.4. The summed E-state index contributed by atoms with van der Waals surface area (Å²) in [5.74, 6) is -1.09. The third-order valence-corrected chi connectivity index (χ3v) is 2.55. The van der Waals surface area contributed by atoms with Gasteiger partial charge in [-0.15, -0.1) is 5.10 Å². The van der Waals surface area contributed by atoms with Gasteiger partial charge in [0.05, 0.1) is 30.0 Å². The van der Waals surface area contributed by atoms with Crippen LogP contribution < -0.4 is 0 Å². The van der Waals surface area contributed by atoms with Crippen LogP contribution in [0.15, 0.2) is 24.5 Å². The van der Waals surface area contributed by atoms with E-state index < -0.39 is 23.3 Å². The number of carbonyl (C=O) groups excluding carboxylic acids is 1. The Morgan fingerprint density at radius 3 is 2.71 bits per heavy atom. The lowest BCUT2D eigenvalue weighted by molar-refractivity contribution is -0.137. The zero-order chi connectivity index (χ0) is 15.6. The van der Waals surface area contributed by atoms with E-state index >= 15 is 0 Å². The van der Waals surface area contributed by atoms with Gasteiger partial charge in [-0.2, -0.15) is 18.4 Å². The van der Waals surface area contributed by atoms with Gasteiger partial charge in [-0.3, -0.25) is 0 Å². The quantitative estimate of drug-likeness (QED) is 0.791. The summed E-state index contributed by atoms with van der Waals surface area (Å²) in [7, 11) is 1.13. The first-order chi connectivity index (χ1) is 9.86. The number of carbonyl (C=O) groups is 1. The number of methoxy groups -OCH3 is 1. The molecule has 0 amide bonds. The van der Waals surface area contributed by atoms with Crippen molar-refractivity contribution in [3.05, 3.63) is 41.5 Å². The molecule has 1 aromatic heterocycles. The van der Waals surface area contributed by atoms with Gasteiger partial charge >= 0.3 is 12.1 Å². The highest BCUT2D eigenvalue weighted by Gasteiger charge is 2.34. The molecule has 1 heterocycles. The summed E-state index contributed by atoms with van der Waals surface area (Å²) < 4.78 is 43.9. The van der Waals surface area contributed by atoms with Crippen LogP contribution in [0.5, 0.6) is 0 Å². The van der Waals surface area contributed by atoms with Crippen LogP contribution in [0.1, 0.15) is 21.7 Å². The summed E-state index contributed by atoms with van der Waals surface area (Å²) in [4.78, 5) is 14.8. The summed E-state index contributed by atoms with van der Waals surface area (Å²) in [5.41, 5.74) is -1.57. The molecular weight excluding hydrogens is 289 g/mol. The third kappa shape index (κ3) is 2.84. The second-order valence-corrected chi connectivity index (χ2v) is 3.84. The smallest absolute Gasteiger partial charge is 0.417 e. The fourth-order valence-electron chi connectivity index (χ4n) is 1.58. The number of nitriles is 1. The highest BCUT2D eigenvalue weighted by molar-refractivity contribution is 5.84. The van der Waals surface area contributed by atoms with Crippen LogP contribution >= 0.6 is 0 Å². The predicted octanol–water partition coefficient (Wildman–Crippen LogP) is 1.94. The van der Waals surface area contributed by atoms with Crippen molar-refractivity contribution >= 4 is 5.97 Å². The molecule has 0 spiro atoms. The Kier molecular flexibility index (Phi) is 3.62. The SMILES string of the molecule is COC(=O)c1ncn(-c2ccc(C#N)c(C(F)(F)F)c2)n1. The van der Waals surface area contributed by atoms with E-state index in [0.29, 0.717) is 0 Å². The second kappa shape index (κ2) is 5.24. The monoisotopic (exact) mass is 296 g/mol. The van der Waals surface area contributed by atoms with Crippen LogP contribution in [-0.4, -0.2) is 27.8 Å². The molecule has 0 saturated heterocycles. The lowest BCUT2D eigenvalue weighted by Crippen LogP contribution is -2.10. The molecule has 0 radical (unpaired) electrons. The molecule has 0 bridgehead atoms. The second-order valence-electron chi connectivity index (χ2n) is 3.84. The number of rotatable bonds is 2. The van der Waals surface area contributed by atoms with E-state index in [-0.39, 0.29) is 11.5 Å².